The predicted octanol–water partition coefficient (Wildman–Crippen LogP) is 14.9. The van der Waals surface area contributed by atoms with E-state index < -0.39 is 0 Å². The molecule has 11 rings (SSSR count). The van der Waals surface area contributed by atoms with Crippen LogP contribution in [-0.2, 0) is 0 Å². The van der Waals surface area contributed by atoms with E-state index >= 15 is 0 Å². The van der Waals surface area contributed by atoms with Gasteiger partial charge in [0, 0.05) is 16.7 Å². The van der Waals surface area contributed by atoms with Crippen molar-refractivity contribution < 1.29 is 0 Å². The summed E-state index contributed by atoms with van der Waals surface area (Å²) in [6.45, 7) is 0. The summed E-state index contributed by atoms with van der Waals surface area (Å²) in [4.78, 5) is 15.4. The summed E-state index contributed by atoms with van der Waals surface area (Å²) >= 11 is 0. The number of nitriles is 1. The van der Waals surface area contributed by atoms with E-state index in [-0.39, 0.29) is 0 Å². The lowest BCUT2D eigenvalue weighted by Crippen LogP contribution is -2.01. The van der Waals surface area contributed by atoms with E-state index in [1.165, 1.54) is 43.4 Å². The number of nitrogens with zero attached hydrogens (tertiary/aromatic N) is 4. The highest BCUT2D eigenvalue weighted by Gasteiger charge is 2.17. The van der Waals surface area contributed by atoms with E-state index in [1.807, 2.05) is 66.7 Å². The van der Waals surface area contributed by atoms with Crippen LogP contribution in [0.2, 0.25) is 0 Å². The van der Waals surface area contributed by atoms with Gasteiger partial charge in [-0.1, -0.05) is 194 Å². The first-order chi connectivity index (χ1) is 30.7. The van der Waals surface area contributed by atoms with Gasteiger partial charge in [0.15, 0.2) is 17.5 Å². The Kier molecular flexibility index (Phi) is 9.19. The molecule has 4 nitrogen and oxygen atoms in total. The Balaban J connectivity index is 0.980. The van der Waals surface area contributed by atoms with Gasteiger partial charge in [0.25, 0.3) is 0 Å². The van der Waals surface area contributed by atoms with Crippen LogP contribution in [-0.4, -0.2) is 15.0 Å². The van der Waals surface area contributed by atoms with Crippen molar-refractivity contribution in [2.24, 2.45) is 0 Å². The molecule has 0 spiro atoms. The molecule has 0 unspecified atom stereocenters. The molecule has 1 aromatic heterocycles. The summed E-state index contributed by atoms with van der Waals surface area (Å²) in [6, 6.07) is 78.3. The van der Waals surface area contributed by atoms with Crippen molar-refractivity contribution in [1.29, 1.82) is 5.26 Å². The maximum absolute atomic E-state index is 9.36. The third-order valence-corrected chi connectivity index (χ3v) is 11.8. The highest BCUT2D eigenvalue weighted by Crippen LogP contribution is 2.40. The lowest BCUT2D eigenvalue weighted by molar-refractivity contribution is 1.07. The fourth-order valence-electron chi connectivity index (χ4n) is 8.65. The maximum Gasteiger partial charge on any atom is 0.164 e. The fraction of sp³-hybridized carbons (Fsp3) is 0. The lowest BCUT2D eigenvalue weighted by Gasteiger charge is -2.14. The Labute approximate surface area is 359 Å². The third-order valence-electron chi connectivity index (χ3n) is 11.8. The van der Waals surface area contributed by atoms with Gasteiger partial charge in [-0.15, -0.1) is 0 Å². The van der Waals surface area contributed by atoms with Crippen molar-refractivity contribution in [1.82, 2.24) is 15.0 Å². The molecule has 0 saturated carbocycles. The molecule has 0 aliphatic rings. The molecular formula is C58H36N4. The second kappa shape index (κ2) is 15.6. The van der Waals surface area contributed by atoms with E-state index in [0.717, 1.165) is 50.1 Å². The Morgan fingerprint density at radius 2 is 0.823 bits per heavy atom. The van der Waals surface area contributed by atoms with Gasteiger partial charge in [-0.2, -0.15) is 5.26 Å². The summed E-state index contributed by atoms with van der Waals surface area (Å²) in [7, 11) is 0. The van der Waals surface area contributed by atoms with E-state index in [2.05, 4.69) is 158 Å². The molecule has 11 aromatic rings. The molecule has 0 saturated heterocycles. The first kappa shape index (κ1) is 36.6. The van der Waals surface area contributed by atoms with Crippen molar-refractivity contribution in [2.45, 2.75) is 0 Å². The Bertz CT molecular complexity index is 3500. The smallest absolute Gasteiger partial charge is 0.164 e. The van der Waals surface area contributed by atoms with Crippen molar-refractivity contribution in [2.75, 3.05) is 0 Å². The van der Waals surface area contributed by atoms with Gasteiger partial charge in [0.05, 0.1) is 11.6 Å². The van der Waals surface area contributed by atoms with Crippen LogP contribution in [0.1, 0.15) is 5.56 Å². The van der Waals surface area contributed by atoms with Crippen LogP contribution >= 0.6 is 0 Å². The highest BCUT2D eigenvalue weighted by molar-refractivity contribution is 6.20. The second-order valence-electron chi connectivity index (χ2n) is 15.5. The molecule has 10 aromatic carbocycles. The molecule has 288 valence electrons. The number of hydrogen-bond acceptors (Lipinski definition) is 4. The fourth-order valence-corrected chi connectivity index (χ4v) is 8.65. The monoisotopic (exact) mass is 788 g/mol. The van der Waals surface area contributed by atoms with E-state index in [0.29, 0.717) is 23.0 Å². The van der Waals surface area contributed by atoms with Gasteiger partial charge in [0.2, 0.25) is 0 Å². The van der Waals surface area contributed by atoms with Crippen LogP contribution in [0.5, 0.6) is 0 Å². The topological polar surface area (TPSA) is 62.5 Å². The van der Waals surface area contributed by atoms with Crippen LogP contribution in [0, 0.1) is 11.3 Å². The average molecular weight is 789 g/mol. The molecular weight excluding hydrogens is 753 g/mol. The summed E-state index contributed by atoms with van der Waals surface area (Å²) < 4.78 is 0. The molecule has 4 heteroatoms. The van der Waals surface area contributed by atoms with Crippen molar-refractivity contribution in [3.8, 4) is 84.7 Å². The first-order valence-corrected chi connectivity index (χ1v) is 20.7. The molecule has 0 radical (unpaired) electrons. The Hall–Kier alpha value is -8.52. The quantitative estimate of drug-likeness (QED) is 0.119. The number of aromatic nitrogens is 3. The molecule has 0 N–H and O–H groups in total. The minimum Gasteiger partial charge on any atom is -0.208 e. The Morgan fingerprint density at radius 3 is 1.56 bits per heavy atom. The van der Waals surface area contributed by atoms with Crippen LogP contribution in [0.4, 0.5) is 0 Å². The second-order valence-corrected chi connectivity index (χ2v) is 15.5. The lowest BCUT2D eigenvalue weighted by atomic mass is 9.89. The molecule has 0 fully saturated rings. The molecule has 0 atom stereocenters. The number of hydrogen-bond donors (Lipinski definition) is 0. The molecule has 0 aliphatic carbocycles. The van der Waals surface area contributed by atoms with Crippen molar-refractivity contribution >= 4 is 32.3 Å². The molecule has 1 heterocycles. The van der Waals surface area contributed by atoms with Gasteiger partial charge in [-0.05, 0) is 101 Å². The maximum atomic E-state index is 9.36. The summed E-state index contributed by atoms with van der Waals surface area (Å²) in [5.74, 6) is 1.77. The first-order valence-electron chi connectivity index (χ1n) is 20.7. The van der Waals surface area contributed by atoms with Crippen molar-refractivity contribution in [3.63, 3.8) is 0 Å². The number of fused-ring (bicyclic) bond motifs is 4. The minimum absolute atomic E-state index is 0.581. The summed E-state index contributed by atoms with van der Waals surface area (Å²) in [6.07, 6.45) is 0. The Morgan fingerprint density at radius 1 is 0.290 bits per heavy atom. The van der Waals surface area contributed by atoms with Crippen LogP contribution in [0.15, 0.2) is 218 Å². The predicted molar refractivity (Wildman–Crippen MR) is 255 cm³/mol. The third kappa shape index (κ3) is 6.74. The largest absolute Gasteiger partial charge is 0.208 e. The van der Waals surface area contributed by atoms with E-state index in [4.69, 9.17) is 15.0 Å². The van der Waals surface area contributed by atoms with E-state index in [9.17, 15) is 5.26 Å². The number of rotatable bonds is 7. The van der Waals surface area contributed by atoms with Gasteiger partial charge in [-0.3, -0.25) is 0 Å². The zero-order valence-corrected chi connectivity index (χ0v) is 33.6. The normalized spacial score (nSPS) is 11.2. The van der Waals surface area contributed by atoms with Gasteiger partial charge in [0.1, 0.15) is 0 Å². The molecule has 0 bridgehead atoms. The van der Waals surface area contributed by atoms with Crippen LogP contribution in [0.25, 0.3) is 111 Å². The molecule has 0 aliphatic heterocycles. The SMILES string of the molecule is N#Cc1ccc(-c2cccc(-c3nc(-c4ccc(-c5ccc(-c6c7ccccc7cc7c6ccc6ccccc67)cc5)cc4)nc(-c4ccccc4-c4ccccc4)n3)c2)cc1. The van der Waals surface area contributed by atoms with Crippen molar-refractivity contribution in [3.05, 3.63) is 224 Å². The minimum atomic E-state index is 0.581. The number of benzene rings is 10. The zero-order valence-electron chi connectivity index (χ0n) is 33.6. The summed E-state index contributed by atoms with van der Waals surface area (Å²) in [5, 5.41) is 16.9. The zero-order chi connectivity index (χ0) is 41.4. The van der Waals surface area contributed by atoms with Gasteiger partial charge in [-0.25, -0.2) is 15.0 Å². The molecule has 0 amide bonds. The molecule has 62 heavy (non-hydrogen) atoms. The average Bonchev–Trinajstić information content (AvgIpc) is 3.36. The highest BCUT2D eigenvalue weighted by atomic mass is 15.0. The van der Waals surface area contributed by atoms with Gasteiger partial charge >= 0.3 is 0 Å². The standard InChI is InChI=1S/C58H36N4/c59-37-38-21-23-41(24-22-38)46-15-10-16-48(35-46)57-60-56(61-58(62-57)53-20-9-8-17-49(53)42-11-2-1-3-12-42)45-31-27-40(28-32-45)39-25-29-44(30-26-39)55-51-19-7-5-14-47(51)36-54-50-18-6-4-13-43(50)33-34-52(54)55/h1-36H. The summed E-state index contributed by atoms with van der Waals surface area (Å²) in [5.41, 5.74) is 12.2. The van der Waals surface area contributed by atoms with E-state index in [1.54, 1.807) is 0 Å². The van der Waals surface area contributed by atoms with Crippen LogP contribution < -0.4 is 0 Å². The van der Waals surface area contributed by atoms with Crippen LogP contribution in [0.3, 0.4) is 0 Å². The van der Waals surface area contributed by atoms with Gasteiger partial charge < -0.3 is 0 Å².